The largest absolute Gasteiger partial charge is 0.313 e. The highest BCUT2D eigenvalue weighted by molar-refractivity contribution is 6.30. The van der Waals surface area contributed by atoms with Gasteiger partial charge >= 0.3 is 0 Å². The Morgan fingerprint density at radius 1 is 1.21 bits per heavy atom. The molecule has 1 unspecified atom stereocenters. The van der Waals surface area contributed by atoms with E-state index in [2.05, 4.69) is 22.3 Å². The lowest BCUT2D eigenvalue weighted by atomic mass is 10.0. The van der Waals surface area contributed by atoms with Crippen molar-refractivity contribution in [2.45, 2.75) is 38.1 Å². The van der Waals surface area contributed by atoms with Gasteiger partial charge in [-0.05, 0) is 63.6 Å². The third kappa shape index (κ3) is 4.79. The minimum atomic E-state index is 0.405. The van der Waals surface area contributed by atoms with Crippen LogP contribution in [0.15, 0.2) is 24.3 Å². The summed E-state index contributed by atoms with van der Waals surface area (Å²) in [6.45, 7) is 3.72. The Bertz CT molecular complexity index is 373. The lowest BCUT2D eigenvalue weighted by molar-refractivity contribution is 0.268. The highest BCUT2D eigenvalue weighted by Crippen LogP contribution is 2.21. The first-order valence-corrected chi connectivity index (χ1v) is 7.82. The molecule has 106 valence electrons. The second-order valence-corrected chi connectivity index (χ2v) is 5.88. The molecule has 0 spiro atoms. The van der Waals surface area contributed by atoms with Crippen molar-refractivity contribution in [2.75, 3.05) is 26.7 Å². The van der Waals surface area contributed by atoms with Crippen LogP contribution in [0.3, 0.4) is 0 Å². The van der Waals surface area contributed by atoms with E-state index in [4.69, 9.17) is 11.6 Å². The van der Waals surface area contributed by atoms with Gasteiger partial charge < -0.3 is 10.2 Å². The van der Waals surface area contributed by atoms with Gasteiger partial charge in [-0.1, -0.05) is 36.6 Å². The Labute approximate surface area is 122 Å². The maximum Gasteiger partial charge on any atom is 0.0409 e. The Morgan fingerprint density at radius 3 is 2.58 bits per heavy atom. The molecule has 0 bridgehead atoms. The predicted molar refractivity (Wildman–Crippen MR) is 82.8 cm³/mol. The van der Waals surface area contributed by atoms with Crippen molar-refractivity contribution in [2.24, 2.45) is 0 Å². The van der Waals surface area contributed by atoms with Crippen molar-refractivity contribution in [3.63, 3.8) is 0 Å². The first kappa shape index (κ1) is 14.8. The molecular formula is C16H25ClN2. The molecule has 2 nitrogen and oxygen atoms in total. The van der Waals surface area contributed by atoms with Crippen LogP contribution >= 0.6 is 11.6 Å². The minimum absolute atomic E-state index is 0.405. The normalized spacial score (nSPS) is 19.1. The maximum atomic E-state index is 6.08. The summed E-state index contributed by atoms with van der Waals surface area (Å²) in [6.07, 6.45) is 6.68. The topological polar surface area (TPSA) is 15.3 Å². The number of hydrogen-bond donors (Lipinski definition) is 1. The Kier molecular flexibility index (Phi) is 6.15. The van der Waals surface area contributed by atoms with Crippen LogP contribution in [0.4, 0.5) is 0 Å². The van der Waals surface area contributed by atoms with Crippen LogP contribution in [0, 0.1) is 0 Å². The molecule has 0 radical (unpaired) electrons. The Hall–Kier alpha value is -0.570. The molecule has 1 aromatic carbocycles. The van der Waals surface area contributed by atoms with Crippen molar-refractivity contribution in [1.29, 1.82) is 0 Å². The predicted octanol–water partition coefficient (Wildman–Crippen LogP) is 3.87. The molecule has 1 fully saturated rings. The zero-order chi connectivity index (χ0) is 13.5. The van der Waals surface area contributed by atoms with E-state index in [1.165, 1.54) is 50.9 Å². The molecule has 1 aliphatic rings. The first-order valence-electron chi connectivity index (χ1n) is 7.44. The van der Waals surface area contributed by atoms with Crippen LogP contribution in [0.1, 0.15) is 43.7 Å². The monoisotopic (exact) mass is 280 g/mol. The Morgan fingerprint density at radius 2 is 1.95 bits per heavy atom. The van der Waals surface area contributed by atoms with Crippen molar-refractivity contribution < 1.29 is 0 Å². The van der Waals surface area contributed by atoms with Crippen LogP contribution < -0.4 is 5.32 Å². The van der Waals surface area contributed by atoms with Gasteiger partial charge in [0.2, 0.25) is 0 Å². The van der Waals surface area contributed by atoms with Crippen LogP contribution in [0.25, 0.3) is 0 Å². The molecule has 0 saturated carbocycles. The fourth-order valence-electron chi connectivity index (χ4n) is 2.87. The van der Waals surface area contributed by atoms with Gasteiger partial charge in [0.15, 0.2) is 0 Å². The lowest BCUT2D eigenvalue weighted by Crippen LogP contribution is -2.29. The number of likely N-dealkylation sites (tertiary alicyclic amines) is 1. The molecule has 0 amide bonds. The third-order valence-corrected chi connectivity index (χ3v) is 4.27. The van der Waals surface area contributed by atoms with E-state index in [9.17, 15) is 0 Å². The van der Waals surface area contributed by atoms with E-state index >= 15 is 0 Å². The van der Waals surface area contributed by atoms with Gasteiger partial charge in [0.1, 0.15) is 0 Å². The molecule has 1 atom stereocenters. The number of benzene rings is 1. The summed E-state index contributed by atoms with van der Waals surface area (Å²) >= 11 is 6.08. The Balaban J connectivity index is 1.88. The van der Waals surface area contributed by atoms with Crippen LogP contribution in [0.5, 0.6) is 0 Å². The first-order chi connectivity index (χ1) is 9.29. The number of hydrogen-bond acceptors (Lipinski definition) is 2. The summed E-state index contributed by atoms with van der Waals surface area (Å²) in [6, 6.07) is 8.61. The maximum absolute atomic E-state index is 6.08. The van der Waals surface area contributed by atoms with Gasteiger partial charge in [-0.15, -0.1) is 0 Å². The van der Waals surface area contributed by atoms with Gasteiger partial charge in [0.05, 0.1) is 0 Å². The van der Waals surface area contributed by atoms with E-state index in [0.717, 1.165) is 11.4 Å². The molecule has 0 aliphatic carbocycles. The fourth-order valence-corrected chi connectivity index (χ4v) is 3.07. The standard InChI is InChI=1S/C16H25ClN2/c1-18-16(14-7-6-8-15(17)13-14)9-12-19-10-4-2-3-5-11-19/h6-8,13,16,18H,2-5,9-12H2,1H3. The molecule has 0 aromatic heterocycles. The summed E-state index contributed by atoms with van der Waals surface area (Å²) in [5.41, 5.74) is 1.30. The van der Waals surface area contributed by atoms with Crippen LogP contribution in [-0.4, -0.2) is 31.6 Å². The molecule has 3 heteroatoms. The van der Waals surface area contributed by atoms with E-state index in [0.29, 0.717) is 6.04 Å². The zero-order valence-corrected chi connectivity index (χ0v) is 12.6. The second-order valence-electron chi connectivity index (χ2n) is 5.44. The number of nitrogens with zero attached hydrogens (tertiary/aromatic N) is 1. The number of halogens is 1. The lowest BCUT2D eigenvalue weighted by Gasteiger charge is -2.24. The quantitative estimate of drug-likeness (QED) is 0.881. The zero-order valence-electron chi connectivity index (χ0n) is 11.9. The van der Waals surface area contributed by atoms with Crippen molar-refractivity contribution in [3.05, 3.63) is 34.9 Å². The van der Waals surface area contributed by atoms with Crippen LogP contribution in [0.2, 0.25) is 5.02 Å². The van der Waals surface area contributed by atoms with Crippen LogP contribution in [-0.2, 0) is 0 Å². The van der Waals surface area contributed by atoms with Gasteiger partial charge in [0, 0.05) is 11.1 Å². The minimum Gasteiger partial charge on any atom is -0.313 e. The molecule has 1 heterocycles. The van der Waals surface area contributed by atoms with Crippen molar-refractivity contribution in [1.82, 2.24) is 10.2 Å². The highest BCUT2D eigenvalue weighted by atomic mass is 35.5. The smallest absolute Gasteiger partial charge is 0.0409 e. The fraction of sp³-hybridized carbons (Fsp3) is 0.625. The number of nitrogens with one attached hydrogen (secondary N) is 1. The summed E-state index contributed by atoms with van der Waals surface area (Å²) in [4.78, 5) is 2.61. The molecule has 1 saturated heterocycles. The molecule has 19 heavy (non-hydrogen) atoms. The summed E-state index contributed by atoms with van der Waals surface area (Å²) in [5.74, 6) is 0. The van der Waals surface area contributed by atoms with Gasteiger partial charge in [-0.3, -0.25) is 0 Å². The summed E-state index contributed by atoms with van der Waals surface area (Å²) in [7, 11) is 2.04. The van der Waals surface area contributed by atoms with Gasteiger partial charge in [-0.25, -0.2) is 0 Å². The van der Waals surface area contributed by atoms with Gasteiger partial charge in [0.25, 0.3) is 0 Å². The summed E-state index contributed by atoms with van der Waals surface area (Å²) in [5, 5.41) is 4.24. The molecule has 1 aromatic rings. The van der Waals surface area contributed by atoms with Crippen molar-refractivity contribution >= 4 is 11.6 Å². The summed E-state index contributed by atoms with van der Waals surface area (Å²) < 4.78 is 0. The van der Waals surface area contributed by atoms with E-state index in [1.807, 2.05) is 19.2 Å². The average Bonchev–Trinajstić information content (AvgIpc) is 2.68. The molecule has 1 aliphatic heterocycles. The van der Waals surface area contributed by atoms with Crippen molar-refractivity contribution in [3.8, 4) is 0 Å². The van der Waals surface area contributed by atoms with Gasteiger partial charge in [-0.2, -0.15) is 0 Å². The SMILES string of the molecule is CNC(CCN1CCCCCC1)c1cccc(Cl)c1. The molecule has 2 rings (SSSR count). The average molecular weight is 281 g/mol. The number of rotatable bonds is 5. The molecular weight excluding hydrogens is 256 g/mol. The second kappa shape index (κ2) is 7.88. The van der Waals surface area contributed by atoms with E-state index < -0.39 is 0 Å². The van der Waals surface area contributed by atoms with E-state index in [-0.39, 0.29) is 0 Å². The highest BCUT2D eigenvalue weighted by Gasteiger charge is 2.13. The molecule has 1 N–H and O–H groups in total. The van der Waals surface area contributed by atoms with E-state index in [1.54, 1.807) is 0 Å². The third-order valence-electron chi connectivity index (χ3n) is 4.03.